The second-order valence-corrected chi connectivity index (χ2v) is 9.63. The highest BCUT2D eigenvalue weighted by molar-refractivity contribution is 5.41. The van der Waals surface area contributed by atoms with Gasteiger partial charge in [-0.3, -0.25) is 4.48 Å². The van der Waals surface area contributed by atoms with Crippen molar-refractivity contribution in [3.05, 3.63) is 93.5 Å². The summed E-state index contributed by atoms with van der Waals surface area (Å²) < 4.78 is 0.544. The van der Waals surface area contributed by atoms with Crippen molar-refractivity contribution in [3.8, 4) is 11.5 Å². The van der Waals surface area contributed by atoms with Crippen LogP contribution in [-0.4, -0.2) is 28.8 Å². The predicted molar refractivity (Wildman–Crippen MR) is 128 cm³/mol. The molecule has 1 heterocycles. The van der Waals surface area contributed by atoms with Crippen LogP contribution in [0.15, 0.2) is 54.6 Å². The van der Waals surface area contributed by atoms with Crippen molar-refractivity contribution in [1.82, 2.24) is 10.6 Å². The van der Waals surface area contributed by atoms with E-state index in [0.29, 0.717) is 4.48 Å². The zero-order valence-corrected chi connectivity index (χ0v) is 19.8. The van der Waals surface area contributed by atoms with Crippen LogP contribution in [0.4, 0.5) is 0 Å². The van der Waals surface area contributed by atoms with Gasteiger partial charge in [-0.05, 0) is 73.7 Å². The van der Waals surface area contributed by atoms with Crippen molar-refractivity contribution in [1.29, 1.82) is 0 Å². The fourth-order valence-electron chi connectivity index (χ4n) is 4.66. The highest BCUT2D eigenvalue weighted by Gasteiger charge is 2.46. The molecule has 3 atom stereocenters. The molecule has 1 saturated heterocycles. The SMILES string of the molecule is Cc1ccc(C2NC(c3ccc(C)c(C)c3)[N+](C)(C)C(c3ccc(O)cc3O)N2)cc1C. The van der Waals surface area contributed by atoms with Crippen LogP contribution in [0, 0.1) is 27.7 Å². The number of nitrogens with zero attached hydrogens (tertiary/aromatic N) is 1. The second kappa shape index (κ2) is 8.24. The molecule has 0 bridgehead atoms. The molecule has 3 aromatic rings. The lowest BCUT2D eigenvalue weighted by atomic mass is 9.97. The minimum atomic E-state index is -0.199. The Morgan fingerprint density at radius 2 is 1.22 bits per heavy atom. The van der Waals surface area contributed by atoms with Crippen LogP contribution in [-0.2, 0) is 0 Å². The molecule has 0 aromatic heterocycles. The largest absolute Gasteiger partial charge is 0.508 e. The van der Waals surface area contributed by atoms with E-state index < -0.39 is 0 Å². The number of aryl methyl sites for hydroxylation is 4. The molecule has 1 aliphatic heterocycles. The summed E-state index contributed by atoms with van der Waals surface area (Å²) in [5.74, 6) is 0.148. The van der Waals surface area contributed by atoms with Gasteiger partial charge in [0.25, 0.3) is 0 Å². The summed E-state index contributed by atoms with van der Waals surface area (Å²) in [7, 11) is 4.32. The summed E-state index contributed by atoms with van der Waals surface area (Å²) in [4.78, 5) is 0. The number of hydrogen-bond donors (Lipinski definition) is 4. The Morgan fingerprint density at radius 3 is 1.81 bits per heavy atom. The summed E-state index contributed by atoms with van der Waals surface area (Å²) in [6.07, 6.45) is -0.319. The van der Waals surface area contributed by atoms with Crippen molar-refractivity contribution in [2.75, 3.05) is 14.1 Å². The Balaban J connectivity index is 1.84. The standard InChI is InChI=1S/C27H33N3O2/c1-16-7-9-20(13-18(16)3)25-28-26(21-10-8-17(2)19(4)14-21)30(5,6)27(29-25)23-12-11-22(31)15-24(23)32/h7-15,25-29H,1-6H3,(H-,31,32)/p+1. The molecule has 5 heteroatoms. The monoisotopic (exact) mass is 432 g/mol. The van der Waals surface area contributed by atoms with Crippen molar-refractivity contribution in [3.63, 3.8) is 0 Å². The first-order valence-corrected chi connectivity index (χ1v) is 11.1. The highest BCUT2D eigenvalue weighted by atomic mass is 16.3. The third-order valence-corrected chi connectivity index (χ3v) is 7.00. The summed E-state index contributed by atoms with van der Waals surface area (Å²) in [6.45, 7) is 8.52. The van der Waals surface area contributed by atoms with Crippen LogP contribution < -0.4 is 10.6 Å². The van der Waals surface area contributed by atoms with Crippen molar-refractivity contribution < 1.29 is 14.7 Å². The molecule has 0 amide bonds. The van der Waals surface area contributed by atoms with E-state index in [1.54, 1.807) is 6.07 Å². The summed E-state index contributed by atoms with van der Waals surface area (Å²) in [5, 5.41) is 28.1. The minimum Gasteiger partial charge on any atom is -0.508 e. The normalized spacial score (nSPS) is 22.6. The fraction of sp³-hybridized carbons (Fsp3) is 0.333. The average molecular weight is 433 g/mol. The van der Waals surface area contributed by atoms with E-state index in [1.165, 1.54) is 33.9 Å². The molecule has 3 aromatic carbocycles. The summed E-state index contributed by atoms with van der Waals surface area (Å²) in [6, 6.07) is 18.0. The van der Waals surface area contributed by atoms with Crippen LogP contribution in [0.5, 0.6) is 11.5 Å². The minimum absolute atomic E-state index is 0.0136. The first-order valence-electron chi connectivity index (χ1n) is 11.1. The number of benzene rings is 3. The van der Waals surface area contributed by atoms with E-state index in [0.717, 1.165) is 11.1 Å². The Morgan fingerprint density at radius 1 is 0.656 bits per heavy atom. The number of phenolic OH excluding ortho intramolecular Hbond substituents is 2. The smallest absolute Gasteiger partial charge is 0.175 e. The Hall–Kier alpha value is -2.86. The van der Waals surface area contributed by atoms with E-state index >= 15 is 0 Å². The second-order valence-electron chi connectivity index (χ2n) is 9.63. The van der Waals surface area contributed by atoms with Gasteiger partial charge in [-0.2, -0.15) is 0 Å². The zero-order chi connectivity index (χ0) is 23.2. The van der Waals surface area contributed by atoms with E-state index in [-0.39, 0.29) is 30.0 Å². The Kier molecular flexibility index (Phi) is 5.76. The molecule has 168 valence electrons. The molecule has 0 radical (unpaired) electrons. The Labute approximate surface area is 190 Å². The first kappa shape index (κ1) is 22.3. The fourth-order valence-corrected chi connectivity index (χ4v) is 4.66. The van der Waals surface area contributed by atoms with Gasteiger partial charge < -0.3 is 10.2 Å². The van der Waals surface area contributed by atoms with Gasteiger partial charge in [0.15, 0.2) is 12.3 Å². The molecule has 4 rings (SSSR count). The van der Waals surface area contributed by atoms with Crippen molar-refractivity contribution >= 4 is 0 Å². The first-order chi connectivity index (χ1) is 15.1. The molecule has 0 spiro atoms. The van der Waals surface area contributed by atoms with Gasteiger partial charge >= 0.3 is 0 Å². The predicted octanol–water partition coefficient (Wildman–Crippen LogP) is 5.00. The van der Waals surface area contributed by atoms with Crippen molar-refractivity contribution in [2.24, 2.45) is 0 Å². The Bertz CT molecular complexity index is 1160. The third kappa shape index (κ3) is 3.99. The van der Waals surface area contributed by atoms with Crippen LogP contribution in [0.3, 0.4) is 0 Å². The zero-order valence-electron chi connectivity index (χ0n) is 19.8. The van der Waals surface area contributed by atoms with E-state index in [2.05, 4.69) is 88.8 Å². The molecule has 4 N–H and O–H groups in total. The highest BCUT2D eigenvalue weighted by Crippen LogP contribution is 2.42. The molecule has 1 fully saturated rings. The topological polar surface area (TPSA) is 64.5 Å². The number of phenols is 2. The lowest BCUT2D eigenvalue weighted by molar-refractivity contribution is -0.964. The molecular formula is C27H34N3O2+. The molecule has 0 saturated carbocycles. The number of aromatic hydroxyl groups is 2. The number of rotatable bonds is 3. The maximum Gasteiger partial charge on any atom is 0.175 e. The molecule has 0 aliphatic carbocycles. The third-order valence-electron chi connectivity index (χ3n) is 7.00. The molecule has 3 unspecified atom stereocenters. The molecule has 5 nitrogen and oxygen atoms in total. The lowest BCUT2D eigenvalue weighted by Crippen LogP contribution is -2.63. The van der Waals surface area contributed by atoms with E-state index in [9.17, 15) is 10.2 Å². The summed E-state index contributed by atoms with van der Waals surface area (Å²) in [5.41, 5.74) is 8.16. The van der Waals surface area contributed by atoms with Crippen LogP contribution in [0.2, 0.25) is 0 Å². The van der Waals surface area contributed by atoms with Gasteiger partial charge in [0.1, 0.15) is 11.5 Å². The van der Waals surface area contributed by atoms with Crippen LogP contribution in [0.25, 0.3) is 0 Å². The van der Waals surface area contributed by atoms with E-state index in [1.807, 2.05) is 6.07 Å². The van der Waals surface area contributed by atoms with E-state index in [4.69, 9.17) is 0 Å². The van der Waals surface area contributed by atoms with Gasteiger partial charge in [-0.1, -0.05) is 30.3 Å². The number of nitrogens with one attached hydrogen (secondary N) is 2. The molecule has 1 aliphatic rings. The molecule has 32 heavy (non-hydrogen) atoms. The number of quaternary nitrogens is 1. The van der Waals surface area contributed by atoms with Crippen LogP contribution >= 0.6 is 0 Å². The molecular weight excluding hydrogens is 398 g/mol. The van der Waals surface area contributed by atoms with Gasteiger partial charge in [-0.25, -0.2) is 10.6 Å². The maximum absolute atomic E-state index is 10.7. The van der Waals surface area contributed by atoms with Gasteiger partial charge in [0.05, 0.1) is 25.8 Å². The van der Waals surface area contributed by atoms with Gasteiger partial charge in [0.2, 0.25) is 0 Å². The average Bonchev–Trinajstić information content (AvgIpc) is 2.72. The quantitative estimate of drug-likeness (QED) is 0.440. The van der Waals surface area contributed by atoms with Gasteiger partial charge in [-0.15, -0.1) is 0 Å². The lowest BCUT2D eigenvalue weighted by Gasteiger charge is -2.51. The number of hydrogen-bond acceptors (Lipinski definition) is 4. The van der Waals surface area contributed by atoms with Crippen LogP contribution in [0.1, 0.15) is 57.4 Å². The van der Waals surface area contributed by atoms with Gasteiger partial charge in [0, 0.05) is 11.6 Å². The van der Waals surface area contributed by atoms with Crippen molar-refractivity contribution in [2.45, 2.75) is 46.2 Å². The maximum atomic E-state index is 10.7. The summed E-state index contributed by atoms with van der Waals surface area (Å²) >= 11 is 0.